The molecule has 4 nitrogen and oxygen atoms in total. The first kappa shape index (κ1) is 23.3. The van der Waals surface area contributed by atoms with Crippen LogP contribution >= 0.6 is 0 Å². The van der Waals surface area contributed by atoms with Gasteiger partial charge in [-0.1, -0.05) is 127 Å². The molecule has 0 saturated heterocycles. The number of aromatic hydroxyl groups is 1. The maximum Gasteiger partial charge on any atom is 0.148 e. The van der Waals surface area contributed by atoms with E-state index in [0.29, 0.717) is 44.7 Å². The first-order valence-electron chi connectivity index (χ1n) is 26.1. The number of phenols is 1. The first-order valence-corrected chi connectivity index (χ1v) is 17.6. The summed E-state index contributed by atoms with van der Waals surface area (Å²) in [5.41, 5.74) is -0.186. The average molecular weight is 923 g/mol. The van der Waals surface area contributed by atoms with Crippen LogP contribution in [0.2, 0.25) is 0 Å². The Morgan fingerprint density at radius 3 is 2.20 bits per heavy atom. The first-order chi connectivity index (χ1) is 32.5. The molecule has 0 spiro atoms. The van der Waals surface area contributed by atoms with Gasteiger partial charge in [0.25, 0.3) is 0 Å². The minimum Gasteiger partial charge on any atom is -0.507 e. The smallest absolute Gasteiger partial charge is 0.148 e. The predicted molar refractivity (Wildman–Crippen MR) is 227 cm³/mol. The van der Waals surface area contributed by atoms with Crippen molar-refractivity contribution in [1.29, 1.82) is 0 Å². The average Bonchev–Trinajstić information content (AvgIpc) is 3.62. The van der Waals surface area contributed by atoms with E-state index in [0.717, 1.165) is 22.4 Å². The van der Waals surface area contributed by atoms with E-state index in [4.69, 9.17) is 26.9 Å². The topological polar surface area (TPSA) is 50.9 Å². The third-order valence-electron chi connectivity index (χ3n) is 9.51. The number of hydrogen-bond donors (Lipinski definition) is 1. The fourth-order valence-corrected chi connectivity index (χ4v) is 6.56. The van der Waals surface area contributed by atoms with Crippen LogP contribution in [0.4, 0.5) is 0 Å². The molecule has 0 bridgehead atoms. The van der Waals surface area contributed by atoms with Gasteiger partial charge in [-0.05, 0) is 101 Å². The van der Waals surface area contributed by atoms with Crippen LogP contribution in [0.1, 0.15) is 118 Å². The third kappa shape index (κ3) is 7.85. The summed E-state index contributed by atoms with van der Waals surface area (Å²) < 4.78 is 148. The summed E-state index contributed by atoms with van der Waals surface area (Å²) in [6.45, 7) is 3.36. The summed E-state index contributed by atoms with van der Waals surface area (Å²) in [7, 11) is 0. The van der Waals surface area contributed by atoms with Gasteiger partial charge in [0.2, 0.25) is 0 Å². The zero-order chi connectivity index (χ0) is 53.2. The van der Waals surface area contributed by atoms with E-state index in [1.54, 1.807) is 26.8 Å². The van der Waals surface area contributed by atoms with Crippen LogP contribution in [0.5, 0.6) is 5.75 Å². The van der Waals surface area contributed by atoms with Crippen LogP contribution in [0.3, 0.4) is 0 Å². The number of fused-ring (bicyclic) bond motifs is 1. The Kier molecular flexibility index (Phi) is 6.38. The van der Waals surface area contributed by atoms with E-state index < -0.39 is 96.4 Å². The zero-order valence-corrected chi connectivity index (χ0v) is 34.2. The van der Waals surface area contributed by atoms with Gasteiger partial charge in [-0.3, -0.25) is 9.55 Å². The number of phenolic OH excluding ortho intramolecular Hbond substituents is 1. The molecular formula is C50H52N3OPt-. The van der Waals surface area contributed by atoms with Gasteiger partial charge < -0.3 is 5.11 Å². The number of benzene rings is 5. The molecule has 1 N–H and O–H groups in total. The van der Waals surface area contributed by atoms with E-state index in [1.807, 2.05) is 93.8 Å². The fraction of sp³-hybridized carbons (Fsp3) is 0.280. The Balaban J connectivity index is 0.00000847. The second kappa shape index (κ2) is 15.0. The van der Waals surface area contributed by atoms with E-state index in [9.17, 15) is 6.48 Å². The molecule has 7 aromatic rings. The van der Waals surface area contributed by atoms with Crippen LogP contribution < -0.4 is 0 Å². The van der Waals surface area contributed by atoms with E-state index in [1.165, 1.54) is 0 Å². The molecule has 5 heteroatoms. The summed E-state index contributed by atoms with van der Waals surface area (Å²) in [4.78, 5) is 9.57. The molecule has 0 fully saturated rings. The van der Waals surface area contributed by atoms with Crippen molar-refractivity contribution in [3.63, 3.8) is 0 Å². The van der Waals surface area contributed by atoms with Crippen LogP contribution in [-0.2, 0) is 31.9 Å². The molecule has 0 atom stereocenters. The molecule has 0 radical (unpaired) electrons. The summed E-state index contributed by atoms with van der Waals surface area (Å²) in [6.07, 6.45) is -0.751. The molecule has 2 aromatic heterocycles. The number of rotatable bonds is 6. The zero-order valence-electron chi connectivity index (χ0n) is 48.9. The SMILES string of the molecule is [2H]c1nc(-c2[c-]c(-c3cccc4c3nc(-c3cc(C)cc(C)c3O)n4-c3ccc(C([2H])(C)C)cc3C)cc(C(C)(C)C)c2)c([2H])c(-c2c([2H])c([2H])c(C(C([2H])([2H])[2H])(C([2H])([2H])[2H])C([2H])([2H])[2H])c([2H])c2[2H])c1[2H].[Pt]. The Bertz CT molecular complexity index is 3260. The Morgan fingerprint density at radius 2 is 1.53 bits per heavy atom. The number of aryl methyl sites for hydroxylation is 3. The van der Waals surface area contributed by atoms with Crippen LogP contribution in [0, 0.1) is 26.8 Å². The molecule has 7 rings (SSSR count). The molecule has 5 aromatic carbocycles. The summed E-state index contributed by atoms with van der Waals surface area (Å²) in [6, 6.07) is 15.6. The van der Waals surface area contributed by atoms with Crippen molar-refractivity contribution in [3.05, 3.63) is 143 Å². The number of hydrogen-bond acceptors (Lipinski definition) is 3. The van der Waals surface area contributed by atoms with Crippen molar-refractivity contribution in [3.8, 4) is 56.3 Å². The predicted octanol–water partition coefficient (Wildman–Crippen LogP) is 13.2. The molecule has 284 valence electrons. The van der Waals surface area contributed by atoms with Crippen LogP contribution in [0.25, 0.3) is 61.6 Å². The van der Waals surface area contributed by atoms with E-state index in [2.05, 4.69) is 11.1 Å². The second-order valence-corrected chi connectivity index (χ2v) is 15.1. The minimum atomic E-state index is -3.92. The minimum absolute atomic E-state index is 0. The molecule has 0 saturated carbocycles. The Labute approximate surface area is 365 Å². The van der Waals surface area contributed by atoms with Crippen molar-refractivity contribution < 1.29 is 49.5 Å². The Hall–Kier alpha value is -4.79. The van der Waals surface area contributed by atoms with Gasteiger partial charge in [-0.15, -0.1) is 29.3 Å². The van der Waals surface area contributed by atoms with Crippen molar-refractivity contribution in [1.82, 2.24) is 14.5 Å². The maximum absolute atomic E-state index is 11.6. The second-order valence-electron chi connectivity index (χ2n) is 15.1. The monoisotopic (exact) mass is 922 g/mol. The summed E-state index contributed by atoms with van der Waals surface area (Å²) in [5.74, 6) is -0.418. The number of para-hydroxylation sites is 1. The van der Waals surface area contributed by atoms with E-state index >= 15 is 0 Å². The van der Waals surface area contributed by atoms with E-state index in [-0.39, 0.29) is 38.1 Å². The maximum atomic E-state index is 11.6. The van der Waals surface area contributed by atoms with Gasteiger partial charge in [0, 0.05) is 46.6 Å². The van der Waals surface area contributed by atoms with Crippen molar-refractivity contribution in [2.75, 3.05) is 0 Å². The van der Waals surface area contributed by atoms with Gasteiger partial charge >= 0.3 is 0 Å². The molecular weight excluding hydrogens is 854 g/mol. The third-order valence-corrected chi connectivity index (χ3v) is 9.51. The number of pyridine rings is 1. The van der Waals surface area contributed by atoms with Crippen LogP contribution in [-0.4, -0.2) is 19.6 Å². The molecule has 2 heterocycles. The molecule has 0 aliphatic rings. The molecule has 55 heavy (non-hydrogen) atoms. The number of nitrogens with zero attached hydrogens (tertiary/aromatic N) is 3. The quantitative estimate of drug-likeness (QED) is 0.169. The normalized spacial score (nSPS) is 17.3. The van der Waals surface area contributed by atoms with Crippen molar-refractivity contribution >= 4 is 11.0 Å². The van der Waals surface area contributed by atoms with Gasteiger partial charge in [-0.2, -0.15) is 0 Å². The summed E-state index contributed by atoms with van der Waals surface area (Å²) >= 11 is 0. The number of aromatic nitrogens is 3. The van der Waals surface area contributed by atoms with Gasteiger partial charge in [0.15, 0.2) is 0 Å². The molecule has 0 amide bonds. The summed E-state index contributed by atoms with van der Waals surface area (Å²) in [5, 5.41) is 11.6. The van der Waals surface area contributed by atoms with Gasteiger partial charge in [-0.25, -0.2) is 4.98 Å². The molecule has 0 aliphatic heterocycles. The van der Waals surface area contributed by atoms with Crippen molar-refractivity contribution in [2.45, 2.75) is 92.7 Å². The van der Waals surface area contributed by atoms with Gasteiger partial charge in [0.1, 0.15) is 11.6 Å². The fourth-order valence-electron chi connectivity index (χ4n) is 6.56. The molecule has 0 aliphatic carbocycles. The largest absolute Gasteiger partial charge is 0.507 e. The van der Waals surface area contributed by atoms with Crippen LogP contribution in [0.15, 0.2) is 103 Å². The van der Waals surface area contributed by atoms with Crippen molar-refractivity contribution in [2.24, 2.45) is 0 Å². The standard InChI is InChI=1S/C50H52N3O.Pt/c1-30(2)35-17-20-44(32(4)25-35)53-45-14-12-13-41(46(45)52-48(53)42-24-31(3)23-33(5)47(42)54)37-26-38(28-40(27-37)50(9,10)11)43-29-36(21-22-51-43)34-15-18-39(19-16-34)49(6,7)8;/h12-25,27-30,54H,1-11H3;/q-1;/i6D3,7D3,8D3,15D,16D,18D,19D,21D,22D,29D,30D;. The van der Waals surface area contributed by atoms with Gasteiger partial charge in [0.05, 0.1) is 31.9 Å². The Morgan fingerprint density at radius 1 is 0.800 bits per heavy atom. The molecule has 0 unspecified atom stereocenters. The number of imidazole rings is 1.